The molecule has 0 bridgehead atoms. The molecule has 0 radical (unpaired) electrons. The van der Waals surface area contributed by atoms with Crippen molar-refractivity contribution in [1.29, 1.82) is 0 Å². The highest BCUT2D eigenvalue weighted by Crippen LogP contribution is 2.42. The van der Waals surface area contributed by atoms with E-state index in [1.165, 1.54) is 9.13 Å². The number of hydrogen-bond acceptors (Lipinski definition) is 4. The van der Waals surface area contributed by atoms with E-state index in [9.17, 15) is 9.46 Å². The van der Waals surface area contributed by atoms with Crippen LogP contribution in [-0.4, -0.2) is 37.3 Å². The summed E-state index contributed by atoms with van der Waals surface area (Å²) in [7, 11) is -0.728. The molecule has 2 N–H and O–H groups in total. The topological polar surface area (TPSA) is 67.8 Å². The summed E-state index contributed by atoms with van der Waals surface area (Å²) in [5.74, 6) is 0.736. The van der Waals surface area contributed by atoms with Gasteiger partial charge in [-0.05, 0) is 63.4 Å². The van der Waals surface area contributed by atoms with Crippen LogP contribution in [0.15, 0.2) is 48.5 Å². The van der Waals surface area contributed by atoms with E-state index in [4.69, 9.17) is 9.47 Å². The molecule has 0 aliphatic carbocycles. The van der Waals surface area contributed by atoms with E-state index in [-0.39, 0.29) is 12.1 Å². The van der Waals surface area contributed by atoms with Crippen molar-refractivity contribution in [2.45, 2.75) is 30.6 Å². The van der Waals surface area contributed by atoms with Crippen LogP contribution in [0, 0.1) is 3.57 Å². The number of morpholine rings is 1. The highest BCUT2D eigenvalue weighted by atomic mass is 127. The molecule has 1 aliphatic heterocycles. The molecule has 2 aromatic carbocycles. The van der Waals surface area contributed by atoms with Crippen molar-refractivity contribution >= 4 is 30.6 Å². The van der Waals surface area contributed by atoms with Gasteiger partial charge >= 0.3 is 8.03 Å². The van der Waals surface area contributed by atoms with Gasteiger partial charge in [0.2, 0.25) is 5.66 Å². The summed E-state index contributed by atoms with van der Waals surface area (Å²) in [5.41, 5.74) is 1.68. The maximum atomic E-state index is 11.9. The standard InChI is InChI=1S/C20H23INO4P/c1-25-18-8-4-15(5-9-18)20(27(23)24)11-19-12-22-17(13-26-19)10-14-2-6-16(21)7-3-14/h2-9,17,19-20,22H,10-13H2,1H3/p+1. The normalized spacial score (nSPS) is 21.5. The van der Waals surface area contributed by atoms with E-state index in [2.05, 4.69) is 52.2 Å². The highest BCUT2D eigenvalue weighted by molar-refractivity contribution is 14.1. The Kier molecular flexibility index (Phi) is 7.61. The summed E-state index contributed by atoms with van der Waals surface area (Å²) < 4.78 is 24.3. The van der Waals surface area contributed by atoms with Crippen LogP contribution in [0.2, 0.25) is 0 Å². The summed E-state index contributed by atoms with van der Waals surface area (Å²) in [4.78, 5) is 9.79. The minimum Gasteiger partial charge on any atom is -0.497 e. The second-order valence-corrected chi connectivity index (χ2v) is 9.19. The first-order chi connectivity index (χ1) is 13.0. The van der Waals surface area contributed by atoms with Crippen molar-refractivity contribution in [1.82, 2.24) is 5.32 Å². The fraction of sp³-hybridized carbons (Fsp3) is 0.400. The van der Waals surface area contributed by atoms with Gasteiger partial charge in [-0.25, -0.2) is 0 Å². The lowest BCUT2D eigenvalue weighted by Gasteiger charge is -2.30. The predicted molar refractivity (Wildman–Crippen MR) is 115 cm³/mol. The van der Waals surface area contributed by atoms with E-state index in [1.807, 2.05) is 24.3 Å². The van der Waals surface area contributed by atoms with Gasteiger partial charge in [0.15, 0.2) is 0 Å². The molecule has 0 aromatic heterocycles. The molecule has 0 spiro atoms. The smallest absolute Gasteiger partial charge is 0.497 e. The predicted octanol–water partition coefficient (Wildman–Crippen LogP) is 4.07. The molecule has 1 heterocycles. The second-order valence-electron chi connectivity index (χ2n) is 6.72. The van der Waals surface area contributed by atoms with Gasteiger partial charge < -0.3 is 14.8 Å². The average molecular weight is 500 g/mol. The zero-order valence-corrected chi connectivity index (χ0v) is 18.2. The Morgan fingerprint density at radius 2 is 1.96 bits per heavy atom. The molecule has 1 fully saturated rings. The number of ether oxygens (including phenoxy) is 2. The quantitative estimate of drug-likeness (QED) is 0.444. The van der Waals surface area contributed by atoms with Crippen LogP contribution in [0.5, 0.6) is 5.75 Å². The first-order valence-electron chi connectivity index (χ1n) is 8.93. The highest BCUT2D eigenvalue weighted by Gasteiger charge is 2.35. The maximum absolute atomic E-state index is 11.9. The van der Waals surface area contributed by atoms with E-state index in [0.29, 0.717) is 19.6 Å². The lowest BCUT2D eigenvalue weighted by Crippen LogP contribution is -2.47. The summed E-state index contributed by atoms with van der Waals surface area (Å²) in [5, 5.41) is 3.52. The van der Waals surface area contributed by atoms with Crippen LogP contribution < -0.4 is 10.1 Å². The third-order valence-electron chi connectivity index (χ3n) is 4.82. The Hall–Kier alpha value is -1.05. The Morgan fingerprint density at radius 3 is 2.52 bits per heavy atom. The average Bonchev–Trinajstić information content (AvgIpc) is 2.69. The fourth-order valence-corrected chi connectivity index (χ4v) is 4.49. The molecule has 4 unspecified atom stereocenters. The minimum absolute atomic E-state index is 0.0730. The number of methoxy groups -OCH3 is 1. The zero-order chi connectivity index (χ0) is 19.2. The monoisotopic (exact) mass is 500 g/mol. The Labute approximate surface area is 174 Å². The minimum atomic E-state index is -2.33. The van der Waals surface area contributed by atoms with Crippen LogP contribution in [0.25, 0.3) is 0 Å². The van der Waals surface area contributed by atoms with Gasteiger partial charge in [0.05, 0.1) is 19.8 Å². The van der Waals surface area contributed by atoms with Crippen LogP contribution in [0.3, 0.4) is 0 Å². The van der Waals surface area contributed by atoms with E-state index >= 15 is 0 Å². The molecule has 4 atom stereocenters. The first kappa shape index (κ1) is 20.7. The van der Waals surface area contributed by atoms with Gasteiger partial charge in [0.1, 0.15) is 5.75 Å². The van der Waals surface area contributed by atoms with Crippen molar-refractivity contribution in [3.8, 4) is 5.75 Å². The summed E-state index contributed by atoms with van der Waals surface area (Å²) in [6.07, 6.45) is 1.36. The molecule has 5 nitrogen and oxygen atoms in total. The molecular weight excluding hydrogens is 476 g/mol. The van der Waals surface area contributed by atoms with Gasteiger partial charge in [-0.2, -0.15) is 4.89 Å². The van der Waals surface area contributed by atoms with E-state index in [0.717, 1.165) is 17.7 Å². The second kappa shape index (κ2) is 9.94. The number of hydrogen-bond donors (Lipinski definition) is 2. The summed E-state index contributed by atoms with van der Waals surface area (Å²) >= 11 is 2.30. The lowest BCUT2D eigenvalue weighted by molar-refractivity contribution is -0.000756. The summed E-state index contributed by atoms with van der Waals surface area (Å²) in [6.45, 7) is 1.29. The van der Waals surface area contributed by atoms with Crippen molar-refractivity contribution < 1.29 is 18.9 Å². The molecule has 1 saturated heterocycles. The molecule has 27 heavy (non-hydrogen) atoms. The molecule has 0 amide bonds. The number of halogens is 1. The van der Waals surface area contributed by atoms with Gasteiger partial charge in [-0.3, -0.25) is 0 Å². The van der Waals surface area contributed by atoms with Gasteiger partial charge in [0, 0.05) is 28.1 Å². The molecule has 2 aromatic rings. The third-order valence-corrected chi connectivity index (χ3v) is 6.58. The van der Waals surface area contributed by atoms with Crippen molar-refractivity contribution in [2.24, 2.45) is 0 Å². The maximum Gasteiger partial charge on any atom is 0.513 e. The molecule has 7 heteroatoms. The first-order valence-corrected chi connectivity index (χ1v) is 11.3. The van der Waals surface area contributed by atoms with E-state index in [1.54, 1.807) is 7.11 Å². The van der Waals surface area contributed by atoms with Crippen LogP contribution in [-0.2, 0) is 15.7 Å². The van der Waals surface area contributed by atoms with Gasteiger partial charge in [-0.15, -0.1) is 0 Å². The van der Waals surface area contributed by atoms with Crippen molar-refractivity contribution in [3.05, 3.63) is 63.2 Å². The Balaban J connectivity index is 1.54. The number of benzene rings is 2. The fourth-order valence-electron chi connectivity index (χ4n) is 3.28. The molecule has 3 rings (SSSR count). The zero-order valence-electron chi connectivity index (χ0n) is 15.2. The van der Waals surface area contributed by atoms with Crippen LogP contribution >= 0.6 is 30.6 Å². The van der Waals surface area contributed by atoms with Crippen molar-refractivity contribution in [3.63, 3.8) is 0 Å². The number of rotatable bonds is 7. The SMILES string of the molecule is COc1ccc(C(CC2CNC(Cc3ccc(I)cc3)CO2)[P+](=O)O)cc1. The largest absolute Gasteiger partial charge is 0.513 e. The van der Waals surface area contributed by atoms with Crippen LogP contribution in [0.4, 0.5) is 0 Å². The lowest BCUT2D eigenvalue weighted by atomic mass is 10.0. The molecular formula is C20H24INO4P+. The van der Waals surface area contributed by atoms with Crippen LogP contribution in [0.1, 0.15) is 23.2 Å². The Bertz CT molecular complexity index is 746. The molecule has 1 aliphatic rings. The van der Waals surface area contributed by atoms with E-state index < -0.39 is 13.7 Å². The summed E-state index contributed by atoms with van der Waals surface area (Å²) in [6, 6.07) is 16.1. The van der Waals surface area contributed by atoms with Gasteiger partial charge in [-0.1, -0.05) is 24.3 Å². The molecule has 0 saturated carbocycles. The van der Waals surface area contributed by atoms with Gasteiger partial charge in [0.25, 0.3) is 0 Å². The third kappa shape index (κ3) is 5.96. The van der Waals surface area contributed by atoms with Crippen molar-refractivity contribution in [2.75, 3.05) is 20.3 Å². The molecule has 144 valence electrons. The number of nitrogens with one attached hydrogen (secondary N) is 1. The Morgan fingerprint density at radius 1 is 1.26 bits per heavy atom.